The molecule has 9 heteroatoms. The van der Waals surface area contributed by atoms with Gasteiger partial charge in [0.2, 0.25) is 5.89 Å². The summed E-state index contributed by atoms with van der Waals surface area (Å²) >= 11 is 0. The molecule has 3 heterocycles. The maximum atomic E-state index is 12.4. The summed E-state index contributed by atoms with van der Waals surface area (Å²) in [5, 5.41) is 3.99. The summed E-state index contributed by atoms with van der Waals surface area (Å²) in [7, 11) is 3.06. The minimum absolute atomic E-state index is 0.357. The van der Waals surface area contributed by atoms with Crippen LogP contribution in [-0.4, -0.2) is 28.8 Å². The fourth-order valence-corrected chi connectivity index (χ4v) is 2.81. The first kappa shape index (κ1) is 17.1. The van der Waals surface area contributed by atoms with E-state index in [1.807, 2.05) is 0 Å². The second-order valence-corrected chi connectivity index (χ2v) is 6.13. The molecule has 0 aliphatic carbocycles. The number of unbranched alkanes of at least 4 members (excludes halogenated alkanes) is 2. The third-order valence-electron chi connectivity index (χ3n) is 4.30. The number of nitrogens with zero attached hydrogens (tertiary/aromatic N) is 6. The molecule has 0 bridgehead atoms. The van der Waals surface area contributed by atoms with Crippen molar-refractivity contribution in [2.45, 2.75) is 45.6 Å². The standard InChI is InChI=1S/C16H22N6O3/c1-4-5-6-7-12-18-11(19-25-12)8-9-22-10-17-14-13(22)15(23)21(3)16(24)20(14)2/h10H,4-9H2,1-3H3. The number of imidazole rings is 1. The van der Waals surface area contributed by atoms with E-state index in [0.29, 0.717) is 35.8 Å². The van der Waals surface area contributed by atoms with Crippen molar-refractivity contribution in [1.29, 1.82) is 0 Å². The third-order valence-corrected chi connectivity index (χ3v) is 4.30. The first-order valence-electron chi connectivity index (χ1n) is 8.45. The predicted octanol–water partition coefficient (Wildman–Crippen LogP) is 0.792. The van der Waals surface area contributed by atoms with Crippen LogP contribution in [0.15, 0.2) is 20.4 Å². The van der Waals surface area contributed by atoms with Crippen LogP contribution < -0.4 is 11.2 Å². The monoisotopic (exact) mass is 346 g/mol. The Morgan fingerprint density at radius 1 is 1.12 bits per heavy atom. The Labute approximate surface area is 143 Å². The zero-order valence-electron chi connectivity index (χ0n) is 14.7. The molecule has 9 nitrogen and oxygen atoms in total. The summed E-state index contributed by atoms with van der Waals surface area (Å²) in [6.07, 6.45) is 6.20. The van der Waals surface area contributed by atoms with Gasteiger partial charge in [0.25, 0.3) is 5.56 Å². The lowest BCUT2D eigenvalue weighted by Gasteiger charge is -2.05. The molecule has 3 aromatic rings. The molecule has 25 heavy (non-hydrogen) atoms. The molecule has 3 aromatic heterocycles. The highest BCUT2D eigenvalue weighted by Gasteiger charge is 2.15. The van der Waals surface area contributed by atoms with Crippen LogP contribution in [0, 0.1) is 0 Å². The number of hydrogen-bond donors (Lipinski definition) is 0. The molecule has 0 fully saturated rings. The molecular weight excluding hydrogens is 324 g/mol. The fraction of sp³-hybridized carbons (Fsp3) is 0.562. The van der Waals surface area contributed by atoms with Crippen LogP contribution in [0.5, 0.6) is 0 Å². The number of hydrogen-bond acceptors (Lipinski definition) is 6. The van der Waals surface area contributed by atoms with E-state index in [1.54, 1.807) is 17.9 Å². The maximum absolute atomic E-state index is 12.4. The van der Waals surface area contributed by atoms with Crippen LogP contribution in [-0.2, 0) is 33.5 Å². The van der Waals surface area contributed by atoms with Crippen LogP contribution in [0.4, 0.5) is 0 Å². The van der Waals surface area contributed by atoms with Gasteiger partial charge >= 0.3 is 5.69 Å². The smallest absolute Gasteiger partial charge is 0.332 e. The van der Waals surface area contributed by atoms with Gasteiger partial charge in [0, 0.05) is 33.5 Å². The van der Waals surface area contributed by atoms with E-state index >= 15 is 0 Å². The Bertz CT molecular complexity index is 994. The Morgan fingerprint density at radius 3 is 2.68 bits per heavy atom. The van der Waals surface area contributed by atoms with Crippen LogP contribution in [0.1, 0.15) is 37.9 Å². The molecule has 0 spiro atoms. The van der Waals surface area contributed by atoms with E-state index in [1.165, 1.54) is 11.6 Å². The summed E-state index contributed by atoms with van der Waals surface area (Å²) in [6, 6.07) is 0. The quantitative estimate of drug-likeness (QED) is 0.586. The molecule has 0 aliphatic heterocycles. The van der Waals surface area contributed by atoms with E-state index in [0.717, 1.165) is 30.3 Å². The van der Waals surface area contributed by atoms with E-state index < -0.39 is 5.69 Å². The zero-order chi connectivity index (χ0) is 18.0. The number of rotatable bonds is 7. The molecule has 0 unspecified atom stereocenters. The second-order valence-electron chi connectivity index (χ2n) is 6.13. The highest BCUT2D eigenvalue weighted by molar-refractivity contribution is 5.69. The van der Waals surface area contributed by atoms with E-state index in [4.69, 9.17) is 4.52 Å². The Morgan fingerprint density at radius 2 is 1.92 bits per heavy atom. The minimum Gasteiger partial charge on any atom is -0.339 e. The van der Waals surface area contributed by atoms with Crippen LogP contribution in [0.2, 0.25) is 0 Å². The van der Waals surface area contributed by atoms with Crippen LogP contribution in [0.3, 0.4) is 0 Å². The molecular formula is C16H22N6O3. The minimum atomic E-state index is -0.391. The number of fused-ring (bicyclic) bond motifs is 1. The third kappa shape index (κ3) is 3.26. The average Bonchev–Trinajstić information content (AvgIpc) is 3.23. The summed E-state index contributed by atoms with van der Waals surface area (Å²) < 4.78 is 9.43. The summed E-state index contributed by atoms with van der Waals surface area (Å²) in [4.78, 5) is 32.9. The number of aromatic nitrogens is 6. The average molecular weight is 346 g/mol. The zero-order valence-corrected chi connectivity index (χ0v) is 14.7. The van der Waals surface area contributed by atoms with Crippen molar-refractivity contribution < 1.29 is 4.52 Å². The van der Waals surface area contributed by atoms with Crippen LogP contribution >= 0.6 is 0 Å². The van der Waals surface area contributed by atoms with Gasteiger partial charge in [0.05, 0.1) is 6.33 Å². The molecule has 0 radical (unpaired) electrons. The second kappa shape index (κ2) is 7.04. The van der Waals surface area contributed by atoms with Crippen molar-refractivity contribution in [3.8, 4) is 0 Å². The first-order chi connectivity index (χ1) is 12.0. The molecule has 0 saturated carbocycles. The molecule has 134 valence electrons. The molecule has 0 saturated heterocycles. The van der Waals surface area contributed by atoms with Crippen molar-refractivity contribution >= 4 is 11.2 Å². The van der Waals surface area contributed by atoms with Crippen molar-refractivity contribution in [3.63, 3.8) is 0 Å². The SMILES string of the molecule is CCCCCc1nc(CCn2cnc3c2c(=O)n(C)c(=O)n3C)no1. The van der Waals surface area contributed by atoms with Crippen molar-refractivity contribution in [2.24, 2.45) is 14.1 Å². The highest BCUT2D eigenvalue weighted by Crippen LogP contribution is 2.08. The van der Waals surface area contributed by atoms with Crippen LogP contribution in [0.25, 0.3) is 11.2 Å². The van der Waals surface area contributed by atoms with Gasteiger partial charge in [-0.1, -0.05) is 24.9 Å². The predicted molar refractivity (Wildman–Crippen MR) is 91.4 cm³/mol. The van der Waals surface area contributed by atoms with Crippen molar-refractivity contribution in [3.05, 3.63) is 38.9 Å². The van der Waals surface area contributed by atoms with Gasteiger partial charge in [-0.25, -0.2) is 9.78 Å². The molecule has 0 atom stereocenters. The lowest BCUT2D eigenvalue weighted by molar-refractivity contribution is 0.368. The first-order valence-corrected chi connectivity index (χ1v) is 8.45. The topological polar surface area (TPSA) is 101 Å². The van der Waals surface area contributed by atoms with Gasteiger partial charge in [0.1, 0.15) is 0 Å². The Balaban J connectivity index is 1.78. The summed E-state index contributed by atoms with van der Waals surface area (Å²) in [6.45, 7) is 2.63. The van der Waals surface area contributed by atoms with Crippen molar-refractivity contribution in [1.82, 2.24) is 28.8 Å². The lowest BCUT2D eigenvalue weighted by Crippen LogP contribution is -2.37. The highest BCUT2D eigenvalue weighted by atomic mass is 16.5. The number of aryl methyl sites for hydroxylation is 4. The molecule has 0 amide bonds. The van der Waals surface area contributed by atoms with Gasteiger partial charge in [-0.3, -0.25) is 13.9 Å². The van der Waals surface area contributed by atoms with Gasteiger partial charge in [-0.15, -0.1) is 0 Å². The van der Waals surface area contributed by atoms with E-state index in [9.17, 15) is 9.59 Å². The lowest BCUT2D eigenvalue weighted by atomic mass is 10.2. The normalized spacial score (nSPS) is 11.5. The van der Waals surface area contributed by atoms with Crippen molar-refractivity contribution in [2.75, 3.05) is 0 Å². The molecule has 0 aromatic carbocycles. The van der Waals surface area contributed by atoms with Gasteiger partial charge in [0.15, 0.2) is 17.0 Å². The van der Waals surface area contributed by atoms with E-state index in [2.05, 4.69) is 22.0 Å². The molecule has 0 N–H and O–H groups in total. The summed E-state index contributed by atoms with van der Waals surface area (Å²) in [5.41, 5.74) is 0.0272. The molecule has 0 aliphatic rings. The fourth-order valence-electron chi connectivity index (χ4n) is 2.81. The molecule has 3 rings (SSSR count). The Kier molecular flexibility index (Phi) is 4.82. The Hall–Kier alpha value is -2.71. The van der Waals surface area contributed by atoms with Gasteiger partial charge < -0.3 is 9.09 Å². The van der Waals surface area contributed by atoms with E-state index in [-0.39, 0.29) is 5.56 Å². The summed E-state index contributed by atoms with van der Waals surface area (Å²) in [5.74, 6) is 1.26. The van der Waals surface area contributed by atoms with Gasteiger partial charge in [-0.05, 0) is 6.42 Å². The maximum Gasteiger partial charge on any atom is 0.332 e. The largest absolute Gasteiger partial charge is 0.339 e. The van der Waals surface area contributed by atoms with Gasteiger partial charge in [-0.2, -0.15) is 4.98 Å².